The topological polar surface area (TPSA) is 32.3 Å². The summed E-state index contributed by atoms with van der Waals surface area (Å²) in [4.78, 5) is 13.9. The van der Waals surface area contributed by atoms with Gasteiger partial charge in [0.15, 0.2) is 0 Å². The minimum Gasteiger partial charge on any atom is -0.318 e. The summed E-state index contributed by atoms with van der Waals surface area (Å²) >= 11 is 1.71. The van der Waals surface area contributed by atoms with Crippen LogP contribution in [0.1, 0.15) is 25.1 Å². The number of nitrogens with one attached hydrogen (secondary N) is 1. The molecule has 1 aromatic carbocycles. The summed E-state index contributed by atoms with van der Waals surface area (Å²) in [5.74, 6) is 0.655. The van der Waals surface area contributed by atoms with Gasteiger partial charge in [-0.2, -0.15) is 11.8 Å². The molecular weight excluding hydrogens is 263 g/mol. The molecule has 0 aromatic heterocycles. The van der Waals surface area contributed by atoms with Crippen LogP contribution in [0.2, 0.25) is 0 Å². The summed E-state index contributed by atoms with van der Waals surface area (Å²) in [7, 11) is 0. The van der Waals surface area contributed by atoms with Crippen molar-refractivity contribution in [1.82, 2.24) is 10.2 Å². The maximum absolute atomic E-state index is 13.9. The number of halogens is 1. The second-order valence-corrected chi connectivity index (χ2v) is 5.53. The number of hydrogen-bond acceptors (Lipinski definition) is 3. The second-order valence-electron chi connectivity index (χ2n) is 4.62. The SMILES string of the molecule is CCC(CSC)N1C(=O)CNC1c1ccccc1F. The Morgan fingerprint density at radius 1 is 1.53 bits per heavy atom. The molecule has 2 atom stereocenters. The third-order valence-corrected chi connectivity index (χ3v) is 4.15. The Morgan fingerprint density at radius 3 is 2.89 bits per heavy atom. The first-order valence-corrected chi connectivity index (χ1v) is 7.86. The van der Waals surface area contributed by atoms with Crippen LogP contribution in [-0.2, 0) is 4.79 Å². The summed E-state index contributed by atoms with van der Waals surface area (Å²) in [6.45, 7) is 2.34. The number of nitrogens with zero attached hydrogens (tertiary/aromatic N) is 1. The number of hydrogen-bond donors (Lipinski definition) is 1. The van der Waals surface area contributed by atoms with E-state index in [0.717, 1.165) is 12.2 Å². The molecule has 1 aliphatic heterocycles. The molecule has 104 valence electrons. The zero-order valence-electron chi connectivity index (χ0n) is 11.2. The van der Waals surface area contributed by atoms with E-state index in [-0.39, 0.29) is 30.5 Å². The molecule has 0 saturated carbocycles. The van der Waals surface area contributed by atoms with Gasteiger partial charge in [0.2, 0.25) is 5.91 Å². The van der Waals surface area contributed by atoms with Gasteiger partial charge >= 0.3 is 0 Å². The van der Waals surface area contributed by atoms with E-state index in [1.54, 1.807) is 34.9 Å². The highest BCUT2D eigenvalue weighted by molar-refractivity contribution is 7.98. The van der Waals surface area contributed by atoms with Gasteiger partial charge in [0.25, 0.3) is 0 Å². The van der Waals surface area contributed by atoms with Crippen LogP contribution < -0.4 is 5.32 Å². The molecule has 1 saturated heterocycles. The molecule has 3 nitrogen and oxygen atoms in total. The van der Waals surface area contributed by atoms with Crippen molar-refractivity contribution in [2.45, 2.75) is 25.6 Å². The predicted molar refractivity (Wildman–Crippen MR) is 76.5 cm³/mol. The Morgan fingerprint density at radius 2 is 2.26 bits per heavy atom. The van der Waals surface area contributed by atoms with Crippen LogP contribution in [0.4, 0.5) is 4.39 Å². The van der Waals surface area contributed by atoms with E-state index < -0.39 is 0 Å². The van der Waals surface area contributed by atoms with Crippen molar-refractivity contribution >= 4 is 17.7 Å². The van der Waals surface area contributed by atoms with E-state index in [1.807, 2.05) is 6.26 Å². The largest absolute Gasteiger partial charge is 0.318 e. The van der Waals surface area contributed by atoms with Gasteiger partial charge in [0.05, 0.1) is 6.54 Å². The zero-order valence-corrected chi connectivity index (χ0v) is 12.0. The maximum atomic E-state index is 13.9. The second kappa shape index (κ2) is 6.39. The smallest absolute Gasteiger partial charge is 0.238 e. The first-order chi connectivity index (χ1) is 9.19. The molecule has 19 heavy (non-hydrogen) atoms. The molecule has 0 bridgehead atoms. The fourth-order valence-corrected chi connectivity index (χ4v) is 3.26. The van der Waals surface area contributed by atoms with E-state index in [1.165, 1.54) is 6.07 Å². The molecule has 1 aromatic rings. The average molecular weight is 282 g/mol. The Bertz CT molecular complexity index is 455. The minimum atomic E-state index is -0.342. The zero-order chi connectivity index (χ0) is 13.8. The molecule has 0 spiro atoms. The lowest BCUT2D eigenvalue weighted by atomic mass is 10.1. The van der Waals surface area contributed by atoms with Gasteiger partial charge in [-0.25, -0.2) is 4.39 Å². The number of thioether (sulfide) groups is 1. The standard InChI is InChI=1S/C14H19FN2OS/c1-3-10(9-19-2)17-13(18)8-16-14(17)11-6-4-5-7-12(11)15/h4-7,10,14,16H,3,8-9H2,1-2H3. The highest BCUT2D eigenvalue weighted by atomic mass is 32.2. The van der Waals surface area contributed by atoms with Crippen molar-refractivity contribution in [1.29, 1.82) is 0 Å². The number of rotatable bonds is 5. The maximum Gasteiger partial charge on any atom is 0.238 e. The molecule has 2 unspecified atom stereocenters. The quantitative estimate of drug-likeness (QED) is 0.900. The van der Waals surface area contributed by atoms with E-state index in [0.29, 0.717) is 5.56 Å². The van der Waals surface area contributed by atoms with Crippen LogP contribution in [0.25, 0.3) is 0 Å². The van der Waals surface area contributed by atoms with E-state index in [4.69, 9.17) is 0 Å². The number of carbonyl (C=O) groups is 1. The van der Waals surface area contributed by atoms with Gasteiger partial charge in [-0.3, -0.25) is 10.1 Å². The van der Waals surface area contributed by atoms with Gasteiger partial charge in [0, 0.05) is 17.4 Å². The Kier molecular flexibility index (Phi) is 4.82. The fourth-order valence-electron chi connectivity index (χ4n) is 2.48. The van der Waals surface area contributed by atoms with Gasteiger partial charge in [-0.1, -0.05) is 25.1 Å². The van der Waals surface area contributed by atoms with Crippen LogP contribution in [0.5, 0.6) is 0 Å². The first kappa shape index (κ1) is 14.3. The summed E-state index contributed by atoms with van der Waals surface area (Å²) in [5.41, 5.74) is 0.549. The molecule has 1 N–H and O–H groups in total. The van der Waals surface area contributed by atoms with Gasteiger partial charge < -0.3 is 4.90 Å². The summed E-state index contributed by atoms with van der Waals surface area (Å²) < 4.78 is 13.9. The van der Waals surface area contributed by atoms with Gasteiger partial charge in [0.1, 0.15) is 12.0 Å². The van der Waals surface area contributed by atoms with Crippen molar-refractivity contribution in [3.8, 4) is 0 Å². The lowest BCUT2D eigenvalue weighted by Crippen LogP contribution is -2.41. The first-order valence-electron chi connectivity index (χ1n) is 6.47. The van der Waals surface area contributed by atoms with E-state index >= 15 is 0 Å². The normalized spacial score (nSPS) is 20.9. The van der Waals surface area contributed by atoms with Crippen molar-refractivity contribution < 1.29 is 9.18 Å². The third-order valence-electron chi connectivity index (χ3n) is 3.44. The summed E-state index contributed by atoms with van der Waals surface area (Å²) in [6, 6.07) is 6.79. The van der Waals surface area contributed by atoms with E-state index in [2.05, 4.69) is 12.2 Å². The van der Waals surface area contributed by atoms with Crippen LogP contribution in [0.3, 0.4) is 0 Å². The Hall–Kier alpha value is -1.07. The molecule has 1 fully saturated rings. The van der Waals surface area contributed by atoms with Gasteiger partial charge in [-0.05, 0) is 18.7 Å². The number of amides is 1. The lowest BCUT2D eigenvalue weighted by molar-refractivity contribution is -0.130. The highest BCUT2D eigenvalue weighted by Crippen LogP contribution is 2.28. The summed E-state index contributed by atoms with van der Waals surface area (Å²) in [5, 5.41) is 3.11. The molecule has 1 heterocycles. The third kappa shape index (κ3) is 2.92. The molecule has 0 radical (unpaired) electrons. The van der Waals surface area contributed by atoms with Crippen LogP contribution in [0, 0.1) is 5.82 Å². The van der Waals surface area contributed by atoms with Crippen molar-refractivity contribution in [3.05, 3.63) is 35.6 Å². The van der Waals surface area contributed by atoms with Crippen molar-refractivity contribution in [2.75, 3.05) is 18.6 Å². The molecule has 2 rings (SSSR count). The molecular formula is C14H19FN2OS. The van der Waals surface area contributed by atoms with Crippen LogP contribution >= 0.6 is 11.8 Å². The monoisotopic (exact) mass is 282 g/mol. The number of benzene rings is 1. The van der Waals surface area contributed by atoms with Crippen LogP contribution in [0.15, 0.2) is 24.3 Å². The molecule has 1 aliphatic rings. The predicted octanol–water partition coefficient (Wildman–Crippen LogP) is 2.40. The van der Waals surface area contributed by atoms with E-state index in [9.17, 15) is 9.18 Å². The van der Waals surface area contributed by atoms with Crippen molar-refractivity contribution in [3.63, 3.8) is 0 Å². The lowest BCUT2D eigenvalue weighted by Gasteiger charge is -2.32. The highest BCUT2D eigenvalue weighted by Gasteiger charge is 2.36. The Labute approximate surface area is 117 Å². The summed E-state index contributed by atoms with van der Waals surface area (Å²) in [6.07, 6.45) is 2.55. The Balaban J connectivity index is 2.29. The van der Waals surface area contributed by atoms with Crippen LogP contribution in [-0.4, -0.2) is 35.4 Å². The minimum absolute atomic E-state index is 0.0501. The molecule has 1 amide bonds. The molecule has 0 aliphatic carbocycles. The number of carbonyl (C=O) groups excluding carboxylic acids is 1. The fraction of sp³-hybridized carbons (Fsp3) is 0.500. The van der Waals surface area contributed by atoms with Gasteiger partial charge in [-0.15, -0.1) is 0 Å². The molecule has 5 heteroatoms. The average Bonchev–Trinajstić information content (AvgIpc) is 2.78. The van der Waals surface area contributed by atoms with Crippen molar-refractivity contribution in [2.24, 2.45) is 0 Å².